The average molecular weight is 285 g/mol. The summed E-state index contributed by atoms with van der Waals surface area (Å²) >= 11 is 14.7. The summed E-state index contributed by atoms with van der Waals surface area (Å²) in [6.45, 7) is 0. The van der Waals surface area contributed by atoms with Crippen molar-refractivity contribution < 1.29 is 4.92 Å². The summed E-state index contributed by atoms with van der Waals surface area (Å²) in [5.74, 6) is 0. The Balaban J connectivity index is 3.35. The van der Waals surface area contributed by atoms with Crippen molar-refractivity contribution in [3.63, 3.8) is 0 Å². The van der Waals surface area contributed by atoms with Gasteiger partial charge in [-0.05, 0) is 6.07 Å². The SMILES string of the molecule is O=[N+]([O-])c1ccc(Cl)c(CBr)c1Cl. The summed E-state index contributed by atoms with van der Waals surface area (Å²) in [7, 11) is 0. The first-order valence-corrected chi connectivity index (χ1v) is 5.13. The van der Waals surface area contributed by atoms with E-state index in [1.807, 2.05) is 0 Å². The minimum absolute atomic E-state index is 0.0920. The molecule has 13 heavy (non-hydrogen) atoms. The standard InChI is InChI=1S/C7H4BrCl2NO2/c8-3-4-5(9)1-2-6(7(4)10)11(12)13/h1-2H,3H2. The predicted molar refractivity (Wildman–Crippen MR) is 55.7 cm³/mol. The molecule has 0 heterocycles. The van der Waals surface area contributed by atoms with Gasteiger partial charge in [0, 0.05) is 22.0 Å². The number of benzene rings is 1. The van der Waals surface area contributed by atoms with E-state index in [4.69, 9.17) is 23.2 Å². The summed E-state index contributed by atoms with van der Waals surface area (Å²) in [6, 6.07) is 2.75. The second-order valence-electron chi connectivity index (χ2n) is 2.25. The highest BCUT2D eigenvalue weighted by molar-refractivity contribution is 9.08. The van der Waals surface area contributed by atoms with Gasteiger partial charge in [0.2, 0.25) is 0 Å². The van der Waals surface area contributed by atoms with Crippen molar-refractivity contribution >= 4 is 44.8 Å². The monoisotopic (exact) mass is 283 g/mol. The number of nitrogens with zero attached hydrogens (tertiary/aromatic N) is 1. The first-order valence-electron chi connectivity index (χ1n) is 3.25. The van der Waals surface area contributed by atoms with Gasteiger partial charge < -0.3 is 0 Å². The molecule has 0 atom stereocenters. The van der Waals surface area contributed by atoms with Gasteiger partial charge in [-0.25, -0.2) is 0 Å². The quantitative estimate of drug-likeness (QED) is 0.471. The molecule has 70 valence electrons. The summed E-state index contributed by atoms with van der Waals surface area (Å²) in [5.41, 5.74) is 0.415. The molecule has 1 aromatic rings. The Bertz CT molecular complexity index is 357. The molecule has 0 fully saturated rings. The van der Waals surface area contributed by atoms with Crippen LogP contribution >= 0.6 is 39.1 Å². The summed E-state index contributed by atoms with van der Waals surface area (Å²) < 4.78 is 0. The van der Waals surface area contributed by atoms with Gasteiger partial charge in [-0.1, -0.05) is 39.1 Å². The molecule has 1 aromatic carbocycles. The number of halogens is 3. The summed E-state index contributed by atoms with van der Waals surface area (Å²) in [5, 5.41) is 11.4. The van der Waals surface area contributed by atoms with E-state index in [0.29, 0.717) is 15.9 Å². The fourth-order valence-corrected chi connectivity index (χ4v) is 2.33. The lowest BCUT2D eigenvalue weighted by Gasteiger charge is -2.02. The molecule has 1 rings (SSSR count). The number of alkyl halides is 1. The molecule has 0 aliphatic rings. The van der Waals surface area contributed by atoms with Crippen LogP contribution < -0.4 is 0 Å². The van der Waals surface area contributed by atoms with Gasteiger partial charge in [0.25, 0.3) is 5.69 Å². The molecule has 0 aliphatic carbocycles. The lowest BCUT2D eigenvalue weighted by atomic mass is 10.2. The zero-order chi connectivity index (χ0) is 10.0. The molecule has 0 amide bonds. The van der Waals surface area contributed by atoms with Crippen molar-refractivity contribution in [2.45, 2.75) is 5.33 Å². The van der Waals surface area contributed by atoms with Crippen LogP contribution in [0.4, 0.5) is 5.69 Å². The van der Waals surface area contributed by atoms with Gasteiger partial charge in [0.15, 0.2) is 0 Å². The largest absolute Gasteiger partial charge is 0.288 e. The van der Waals surface area contributed by atoms with Crippen LogP contribution in [0.5, 0.6) is 0 Å². The minimum atomic E-state index is -0.537. The van der Waals surface area contributed by atoms with Gasteiger partial charge in [-0.2, -0.15) is 0 Å². The second-order valence-corrected chi connectivity index (χ2v) is 3.60. The van der Waals surface area contributed by atoms with E-state index in [9.17, 15) is 10.1 Å². The third kappa shape index (κ3) is 2.13. The number of nitro benzene ring substituents is 1. The van der Waals surface area contributed by atoms with Crippen LogP contribution in [0.15, 0.2) is 12.1 Å². The van der Waals surface area contributed by atoms with E-state index < -0.39 is 4.92 Å². The maximum atomic E-state index is 10.5. The van der Waals surface area contributed by atoms with E-state index in [1.165, 1.54) is 12.1 Å². The zero-order valence-corrected chi connectivity index (χ0v) is 9.36. The Morgan fingerprint density at radius 1 is 1.46 bits per heavy atom. The van der Waals surface area contributed by atoms with E-state index in [2.05, 4.69) is 15.9 Å². The van der Waals surface area contributed by atoms with Gasteiger partial charge in [-0.15, -0.1) is 0 Å². The molecule has 0 spiro atoms. The molecule has 0 aromatic heterocycles. The fourth-order valence-electron chi connectivity index (χ4n) is 0.849. The number of rotatable bonds is 2. The molecule has 0 saturated heterocycles. The Morgan fingerprint density at radius 3 is 2.54 bits per heavy atom. The van der Waals surface area contributed by atoms with E-state index in [0.717, 1.165) is 0 Å². The van der Waals surface area contributed by atoms with Crippen LogP contribution in [-0.2, 0) is 5.33 Å². The molecular weight excluding hydrogens is 281 g/mol. The van der Waals surface area contributed by atoms with Crippen molar-refractivity contribution in [1.29, 1.82) is 0 Å². The molecule has 0 radical (unpaired) electrons. The first kappa shape index (κ1) is 10.8. The summed E-state index contributed by atoms with van der Waals surface area (Å²) in [4.78, 5) is 9.93. The first-order chi connectivity index (χ1) is 6.07. The van der Waals surface area contributed by atoms with Crippen molar-refractivity contribution in [2.24, 2.45) is 0 Å². The molecule has 0 unspecified atom stereocenters. The van der Waals surface area contributed by atoms with Crippen LogP contribution in [0, 0.1) is 10.1 Å². The van der Waals surface area contributed by atoms with Crippen molar-refractivity contribution in [2.75, 3.05) is 0 Å². The van der Waals surface area contributed by atoms with Crippen molar-refractivity contribution in [3.05, 3.63) is 37.9 Å². The third-order valence-corrected chi connectivity index (χ3v) is 2.83. The second kappa shape index (κ2) is 4.26. The highest BCUT2D eigenvalue weighted by atomic mass is 79.9. The highest BCUT2D eigenvalue weighted by Gasteiger charge is 2.17. The minimum Gasteiger partial charge on any atom is -0.258 e. The Kier molecular flexibility index (Phi) is 3.53. The zero-order valence-electron chi connectivity index (χ0n) is 6.26. The maximum Gasteiger partial charge on any atom is 0.288 e. The highest BCUT2D eigenvalue weighted by Crippen LogP contribution is 2.34. The fraction of sp³-hybridized carbons (Fsp3) is 0.143. The molecular formula is C7H4BrCl2NO2. The maximum absolute atomic E-state index is 10.5. The number of hydrogen-bond donors (Lipinski definition) is 0. The molecule has 0 bridgehead atoms. The van der Waals surface area contributed by atoms with Crippen LogP contribution in [0.1, 0.15) is 5.56 Å². The average Bonchev–Trinajstić information content (AvgIpc) is 2.04. The summed E-state index contributed by atoms with van der Waals surface area (Å²) in [6.07, 6.45) is 0. The molecule has 3 nitrogen and oxygen atoms in total. The van der Waals surface area contributed by atoms with E-state index in [-0.39, 0.29) is 10.7 Å². The van der Waals surface area contributed by atoms with Crippen molar-refractivity contribution in [1.82, 2.24) is 0 Å². The predicted octanol–water partition coefficient (Wildman–Crippen LogP) is 3.80. The lowest BCUT2D eigenvalue weighted by Crippen LogP contribution is -1.92. The van der Waals surface area contributed by atoms with Gasteiger partial charge in [-0.3, -0.25) is 10.1 Å². The molecule has 6 heteroatoms. The van der Waals surface area contributed by atoms with Crippen LogP contribution in [0.25, 0.3) is 0 Å². The smallest absolute Gasteiger partial charge is 0.258 e. The third-order valence-electron chi connectivity index (χ3n) is 1.50. The van der Waals surface area contributed by atoms with E-state index in [1.54, 1.807) is 0 Å². The molecule has 0 N–H and O–H groups in total. The van der Waals surface area contributed by atoms with Gasteiger partial charge >= 0.3 is 0 Å². The van der Waals surface area contributed by atoms with Crippen LogP contribution in [0.2, 0.25) is 10.0 Å². The Morgan fingerprint density at radius 2 is 2.08 bits per heavy atom. The van der Waals surface area contributed by atoms with Crippen molar-refractivity contribution in [3.8, 4) is 0 Å². The van der Waals surface area contributed by atoms with E-state index >= 15 is 0 Å². The number of nitro groups is 1. The van der Waals surface area contributed by atoms with Crippen LogP contribution in [-0.4, -0.2) is 4.92 Å². The molecule has 0 aliphatic heterocycles. The topological polar surface area (TPSA) is 43.1 Å². The Labute approximate surface area is 92.9 Å². The molecule has 0 saturated carbocycles. The van der Waals surface area contributed by atoms with Crippen LogP contribution in [0.3, 0.4) is 0 Å². The van der Waals surface area contributed by atoms with Gasteiger partial charge in [0.1, 0.15) is 5.02 Å². The van der Waals surface area contributed by atoms with Gasteiger partial charge in [0.05, 0.1) is 4.92 Å². The Hall–Kier alpha value is -0.320. The normalized spacial score (nSPS) is 10.1. The lowest BCUT2D eigenvalue weighted by molar-refractivity contribution is -0.384. The number of hydrogen-bond acceptors (Lipinski definition) is 2.